The summed E-state index contributed by atoms with van der Waals surface area (Å²) >= 11 is 11.7. The smallest absolute Gasteiger partial charge is 0.261 e. The lowest BCUT2D eigenvalue weighted by atomic mass is 10.1. The van der Waals surface area contributed by atoms with Gasteiger partial charge in [-0.15, -0.1) is 0 Å². The molecule has 9 heteroatoms. The Kier molecular flexibility index (Phi) is 6.74. The first kappa shape index (κ1) is 21.1. The lowest BCUT2D eigenvalue weighted by Gasteiger charge is -2.10. The van der Waals surface area contributed by atoms with E-state index in [1.807, 2.05) is 6.07 Å². The molecule has 0 fully saturated rings. The van der Waals surface area contributed by atoms with Gasteiger partial charge in [-0.1, -0.05) is 41.4 Å². The maximum atomic E-state index is 12.5. The molecule has 3 rings (SSSR count). The van der Waals surface area contributed by atoms with Gasteiger partial charge in [0.25, 0.3) is 10.0 Å². The van der Waals surface area contributed by atoms with Crippen molar-refractivity contribution in [3.8, 4) is 0 Å². The summed E-state index contributed by atoms with van der Waals surface area (Å²) in [5.74, 6) is -0.141. The molecule has 3 aromatic rings. The van der Waals surface area contributed by atoms with Gasteiger partial charge >= 0.3 is 0 Å². The number of hydrogen-bond donors (Lipinski definition) is 2. The van der Waals surface area contributed by atoms with E-state index >= 15 is 0 Å². The molecule has 1 heterocycles. The van der Waals surface area contributed by atoms with E-state index in [-0.39, 0.29) is 27.3 Å². The number of anilines is 1. The predicted octanol–water partition coefficient (Wildman–Crippen LogP) is 4.05. The fourth-order valence-corrected chi connectivity index (χ4v) is 3.95. The van der Waals surface area contributed by atoms with Crippen molar-refractivity contribution in [2.75, 3.05) is 4.72 Å². The SMILES string of the molecule is O=C(Cc1ccc(NS(=O)(=O)c2ccc(Cl)c(Cl)c2)cc1)NCc1cccnc1. The molecule has 0 bridgehead atoms. The van der Waals surface area contributed by atoms with E-state index in [2.05, 4.69) is 15.0 Å². The number of sulfonamides is 1. The molecule has 0 aliphatic heterocycles. The molecule has 0 aliphatic carbocycles. The van der Waals surface area contributed by atoms with Crippen LogP contribution in [0.3, 0.4) is 0 Å². The van der Waals surface area contributed by atoms with Crippen molar-refractivity contribution in [1.82, 2.24) is 10.3 Å². The molecule has 0 spiro atoms. The van der Waals surface area contributed by atoms with Crippen molar-refractivity contribution in [1.29, 1.82) is 0 Å². The largest absolute Gasteiger partial charge is 0.352 e. The first-order valence-electron chi connectivity index (χ1n) is 8.56. The van der Waals surface area contributed by atoms with Gasteiger partial charge in [-0.3, -0.25) is 14.5 Å². The third-order valence-corrected chi connectivity index (χ3v) is 6.10. The van der Waals surface area contributed by atoms with Gasteiger partial charge in [0, 0.05) is 24.6 Å². The lowest BCUT2D eigenvalue weighted by molar-refractivity contribution is -0.120. The number of carbonyl (C=O) groups excluding carboxylic acids is 1. The first-order chi connectivity index (χ1) is 13.8. The number of halogens is 2. The third-order valence-electron chi connectivity index (χ3n) is 3.98. The quantitative estimate of drug-likeness (QED) is 0.569. The van der Waals surface area contributed by atoms with Gasteiger partial charge in [-0.05, 0) is 47.5 Å². The number of aromatic nitrogens is 1. The molecule has 29 heavy (non-hydrogen) atoms. The van der Waals surface area contributed by atoms with Crippen LogP contribution in [-0.2, 0) is 27.8 Å². The summed E-state index contributed by atoms with van der Waals surface area (Å²) in [6.45, 7) is 0.397. The Morgan fingerprint density at radius 2 is 1.72 bits per heavy atom. The van der Waals surface area contributed by atoms with E-state index in [4.69, 9.17) is 23.2 Å². The number of benzene rings is 2. The number of rotatable bonds is 7. The summed E-state index contributed by atoms with van der Waals surface area (Å²) in [5.41, 5.74) is 2.04. The summed E-state index contributed by atoms with van der Waals surface area (Å²) in [6.07, 6.45) is 3.54. The van der Waals surface area contributed by atoms with Crippen molar-refractivity contribution in [2.45, 2.75) is 17.9 Å². The fraction of sp³-hybridized carbons (Fsp3) is 0.100. The van der Waals surface area contributed by atoms with Gasteiger partial charge in [0.05, 0.1) is 21.4 Å². The van der Waals surface area contributed by atoms with Gasteiger partial charge in [0.1, 0.15) is 0 Å². The normalized spacial score (nSPS) is 11.1. The Hall–Kier alpha value is -2.61. The molecular weight excluding hydrogens is 433 g/mol. The Bertz CT molecular complexity index is 1110. The highest BCUT2D eigenvalue weighted by molar-refractivity contribution is 7.92. The molecule has 0 saturated heterocycles. The van der Waals surface area contributed by atoms with E-state index in [0.29, 0.717) is 12.2 Å². The molecular formula is C20H17Cl2N3O3S. The predicted molar refractivity (Wildman–Crippen MR) is 114 cm³/mol. The highest BCUT2D eigenvalue weighted by Crippen LogP contribution is 2.26. The van der Waals surface area contributed by atoms with Crippen LogP contribution in [-0.4, -0.2) is 19.3 Å². The van der Waals surface area contributed by atoms with Gasteiger partial charge in [-0.25, -0.2) is 8.42 Å². The minimum absolute atomic E-state index is 0.00533. The molecule has 0 aliphatic rings. The highest BCUT2D eigenvalue weighted by atomic mass is 35.5. The van der Waals surface area contributed by atoms with Crippen molar-refractivity contribution in [3.63, 3.8) is 0 Å². The van der Waals surface area contributed by atoms with Crippen LogP contribution in [0, 0.1) is 0 Å². The number of carbonyl (C=O) groups is 1. The van der Waals surface area contributed by atoms with Crippen LogP contribution < -0.4 is 10.0 Å². The van der Waals surface area contributed by atoms with Gasteiger partial charge in [0.2, 0.25) is 5.91 Å². The summed E-state index contributed by atoms with van der Waals surface area (Å²) in [7, 11) is -3.81. The van der Waals surface area contributed by atoms with Crippen molar-refractivity contribution >= 4 is 44.8 Å². The lowest BCUT2D eigenvalue weighted by Crippen LogP contribution is -2.24. The van der Waals surface area contributed by atoms with E-state index in [9.17, 15) is 13.2 Å². The minimum atomic E-state index is -3.81. The molecule has 0 saturated carbocycles. The van der Waals surface area contributed by atoms with Crippen LogP contribution in [0.5, 0.6) is 0 Å². The van der Waals surface area contributed by atoms with Crippen molar-refractivity contribution in [2.24, 2.45) is 0 Å². The van der Waals surface area contributed by atoms with E-state index in [1.165, 1.54) is 18.2 Å². The van der Waals surface area contributed by atoms with Gasteiger partial charge < -0.3 is 5.32 Å². The van der Waals surface area contributed by atoms with Crippen LogP contribution >= 0.6 is 23.2 Å². The van der Waals surface area contributed by atoms with Crippen LogP contribution in [0.4, 0.5) is 5.69 Å². The number of pyridine rings is 1. The summed E-state index contributed by atoms with van der Waals surface area (Å²) < 4.78 is 27.4. The number of nitrogens with zero attached hydrogens (tertiary/aromatic N) is 1. The van der Waals surface area contributed by atoms with Crippen molar-refractivity contribution in [3.05, 3.63) is 88.2 Å². The minimum Gasteiger partial charge on any atom is -0.352 e. The van der Waals surface area contributed by atoms with Crippen molar-refractivity contribution < 1.29 is 13.2 Å². The summed E-state index contributed by atoms with van der Waals surface area (Å²) in [5, 5.41) is 3.25. The Morgan fingerprint density at radius 1 is 0.966 bits per heavy atom. The zero-order valence-electron chi connectivity index (χ0n) is 15.1. The van der Waals surface area contributed by atoms with Crippen LogP contribution in [0.1, 0.15) is 11.1 Å². The average Bonchev–Trinajstić information content (AvgIpc) is 2.70. The van der Waals surface area contributed by atoms with Gasteiger partial charge in [-0.2, -0.15) is 0 Å². The Morgan fingerprint density at radius 3 is 2.38 bits per heavy atom. The van der Waals surface area contributed by atoms with Crippen LogP contribution in [0.15, 0.2) is 71.9 Å². The zero-order chi connectivity index (χ0) is 20.9. The Balaban J connectivity index is 1.59. The van der Waals surface area contributed by atoms with E-state index < -0.39 is 10.0 Å². The molecule has 0 atom stereocenters. The second-order valence-corrected chi connectivity index (χ2v) is 8.69. The molecule has 2 aromatic carbocycles. The second kappa shape index (κ2) is 9.26. The molecule has 6 nitrogen and oxygen atoms in total. The monoisotopic (exact) mass is 449 g/mol. The maximum Gasteiger partial charge on any atom is 0.261 e. The summed E-state index contributed by atoms with van der Waals surface area (Å²) in [4.78, 5) is 16.1. The fourth-order valence-electron chi connectivity index (χ4n) is 2.50. The molecule has 150 valence electrons. The Labute approximate surface area is 178 Å². The topological polar surface area (TPSA) is 88.2 Å². The third kappa shape index (κ3) is 5.93. The van der Waals surface area contributed by atoms with Crippen LogP contribution in [0.2, 0.25) is 10.0 Å². The van der Waals surface area contributed by atoms with Gasteiger partial charge in [0.15, 0.2) is 0 Å². The number of nitrogens with one attached hydrogen (secondary N) is 2. The summed E-state index contributed by atoms with van der Waals surface area (Å²) in [6, 6.07) is 14.3. The molecule has 2 N–H and O–H groups in total. The highest BCUT2D eigenvalue weighted by Gasteiger charge is 2.16. The van der Waals surface area contributed by atoms with E-state index in [1.54, 1.807) is 42.7 Å². The van der Waals surface area contributed by atoms with Crippen LogP contribution in [0.25, 0.3) is 0 Å². The second-order valence-electron chi connectivity index (χ2n) is 6.19. The molecule has 0 radical (unpaired) electrons. The zero-order valence-corrected chi connectivity index (χ0v) is 17.4. The maximum absolute atomic E-state index is 12.5. The average molecular weight is 450 g/mol. The molecule has 0 unspecified atom stereocenters. The molecule has 1 aromatic heterocycles. The number of amides is 1. The number of hydrogen-bond acceptors (Lipinski definition) is 4. The standard InChI is InChI=1S/C20H17Cl2N3O3S/c21-18-8-7-17(11-19(18)22)29(27,28)25-16-5-3-14(4-6-16)10-20(26)24-13-15-2-1-9-23-12-15/h1-9,11-12,25H,10,13H2,(H,24,26). The first-order valence-corrected chi connectivity index (χ1v) is 10.8. The van der Waals surface area contributed by atoms with E-state index in [0.717, 1.165) is 11.1 Å². The molecule has 1 amide bonds.